The van der Waals surface area contributed by atoms with Crippen LogP contribution in [0.25, 0.3) is 0 Å². The van der Waals surface area contributed by atoms with E-state index >= 15 is 0 Å². The van der Waals surface area contributed by atoms with E-state index in [1.54, 1.807) is 13.8 Å². The zero-order valence-corrected chi connectivity index (χ0v) is 12.1. The summed E-state index contributed by atoms with van der Waals surface area (Å²) in [5.74, 6) is 0. The van der Waals surface area contributed by atoms with Gasteiger partial charge in [-0.1, -0.05) is 30.3 Å². The zero-order chi connectivity index (χ0) is 12.9. The van der Waals surface area contributed by atoms with Crippen LogP contribution in [0.2, 0.25) is 0 Å². The molecule has 0 bridgehead atoms. The minimum Gasteiger partial charge on any atom is -0.323 e. The van der Waals surface area contributed by atoms with Crippen LogP contribution < -0.4 is 15.2 Å². The minimum atomic E-state index is -3.46. The SMILES string of the molecule is CC(C)NS(=O)(=O)NCC(N)c1ccccc1.Cl. The fourth-order valence-corrected chi connectivity index (χ4v) is 2.47. The molecule has 0 aliphatic rings. The Morgan fingerprint density at radius 3 is 2.28 bits per heavy atom. The summed E-state index contributed by atoms with van der Waals surface area (Å²) < 4.78 is 27.9. The van der Waals surface area contributed by atoms with E-state index in [4.69, 9.17) is 5.73 Å². The molecule has 1 aromatic rings. The average molecular weight is 294 g/mol. The molecule has 5 nitrogen and oxygen atoms in total. The van der Waals surface area contributed by atoms with Crippen molar-refractivity contribution < 1.29 is 8.42 Å². The lowest BCUT2D eigenvalue weighted by Crippen LogP contribution is -2.42. The molecule has 0 spiro atoms. The lowest BCUT2D eigenvalue weighted by atomic mass is 10.1. The monoisotopic (exact) mass is 293 g/mol. The van der Waals surface area contributed by atoms with Crippen LogP contribution in [0.15, 0.2) is 30.3 Å². The van der Waals surface area contributed by atoms with Crippen LogP contribution in [0.5, 0.6) is 0 Å². The van der Waals surface area contributed by atoms with E-state index < -0.39 is 10.2 Å². The van der Waals surface area contributed by atoms with Gasteiger partial charge in [0.1, 0.15) is 0 Å². The highest BCUT2D eigenvalue weighted by atomic mass is 35.5. The van der Waals surface area contributed by atoms with E-state index in [9.17, 15) is 8.42 Å². The number of hydrogen-bond acceptors (Lipinski definition) is 3. The molecule has 18 heavy (non-hydrogen) atoms. The molecule has 0 heterocycles. The van der Waals surface area contributed by atoms with Gasteiger partial charge < -0.3 is 5.73 Å². The van der Waals surface area contributed by atoms with Crippen molar-refractivity contribution in [2.45, 2.75) is 25.9 Å². The van der Waals surface area contributed by atoms with Crippen molar-refractivity contribution in [1.82, 2.24) is 9.44 Å². The summed E-state index contributed by atoms with van der Waals surface area (Å²) in [4.78, 5) is 0. The molecule has 0 aliphatic heterocycles. The third-order valence-electron chi connectivity index (χ3n) is 2.11. The number of nitrogens with two attached hydrogens (primary N) is 1. The smallest absolute Gasteiger partial charge is 0.277 e. The predicted molar refractivity (Wildman–Crippen MR) is 75.8 cm³/mol. The van der Waals surface area contributed by atoms with Crippen molar-refractivity contribution in [2.24, 2.45) is 5.73 Å². The number of hydrogen-bond donors (Lipinski definition) is 3. The fraction of sp³-hybridized carbons (Fsp3) is 0.455. The minimum absolute atomic E-state index is 0. The molecule has 0 saturated carbocycles. The van der Waals surface area contributed by atoms with Gasteiger partial charge >= 0.3 is 0 Å². The molecule has 1 unspecified atom stereocenters. The summed E-state index contributed by atoms with van der Waals surface area (Å²) in [7, 11) is -3.46. The molecule has 0 fully saturated rings. The molecule has 0 amide bonds. The van der Waals surface area contributed by atoms with Gasteiger partial charge in [-0.15, -0.1) is 12.4 Å². The highest BCUT2D eigenvalue weighted by Crippen LogP contribution is 2.08. The van der Waals surface area contributed by atoms with Crippen molar-refractivity contribution in [3.63, 3.8) is 0 Å². The number of halogens is 1. The first kappa shape index (κ1) is 17.3. The maximum Gasteiger partial charge on any atom is 0.277 e. The van der Waals surface area contributed by atoms with Gasteiger partial charge in [0.05, 0.1) is 0 Å². The summed E-state index contributed by atoms with van der Waals surface area (Å²) in [5, 5.41) is 0. The van der Waals surface area contributed by atoms with E-state index in [1.165, 1.54) is 0 Å². The van der Waals surface area contributed by atoms with Crippen LogP contribution in [-0.4, -0.2) is 21.0 Å². The van der Waals surface area contributed by atoms with Gasteiger partial charge in [0, 0.05) is 18.6 Å². The molecule has 1 aromatic carbocycles. The first-order valence-electron chi connectivity index (χ1n) is 5.48. The number of nitrogens with one attached hydrogen (secondary N) is 2. The molecule has 104 valence electrons. The van der Waals surface area contributed by atoms with Crippen LogP contribution in [0.3, 0.4) is 0 Å². The van der Waals surface area contributed by atoms with Crippen molar-refractivity contribution in [1.29, 1.82) is 0 Å². The first-order valence-corrected chi connectivity index (χ1v) is 6.96. The Labute approximate surface area is 115 Å². The van der Waals surface area contributed by atoms with Crippen molar-refractivity contribution in [3.05, 3.63) is 35.9 Å². The fourth-order valence-electron chi connectivity index (χ4n) is 1.37. The van der Waals surface area contributed by atoms with Gasteiger partial charge in [0.2, 0.25) is 0 Å². The molecular formula is C11H20ClN3O2S. The van der Waals surface area contributed by atoms with E-state index in [1.807, 2.05) is 30.3 Å². The zero-order valence-electron chi connectivity index (χ0n) is 10.5. The summed E-state index contributed by atoms with van der Waals surface area (Å²) in [6.07, 6.45) is 0. The molecular weight excluding hydrogens is 274 g/mol. The maximum absolute atomic E-state index is 11.5. The lowest BCUT2D eigenvalue weighted by Gasteiger charge is -2.15. The highest BCUT2D eigenvalue weighted by molar-refractivity contribution is 7.87. The van der Waals surface area contributed by atoms with E-state index in [-0.39, 0.29) is 31.0 Å². The Morgan fingerprint density at radius 2 is 1.78 bits per heavy atom. The third kappa shape index (κ3) is 6.32. The maximum atomic E-state index is 11.5. The van der Waals surface area contributed by atoms with E-state index in [0.29, 0.717) is 0 Å². The Hall–Kier alpha value is -0.660. The summed E-state index contributed by atoms with van der Waals surface area (Å²) in [6.45, 7) is 3.69. The van der Waals surface area contributed by atoms with Crippen molar-refractivity contribution >= 4 is 22.6 Å². The van der Waals surface area contributed by atoms with Gasteiger partial charge in [0.15, 0.2) is 0 Å². The van der Waals surface area contributed by atoms with Gasteiger partial charge in [-0.3, -0.25) is 0 Å². The Bertz CT molecular complexity index is 437. The second kappa shape index (κ2) is 7.70. The van der Waals surface area contributed by atoms with Crippen molar-refractivity contribution in [3.8, 4) is 0 Å². The standard InChI is InChI=1S/C11H19N3O2S.ClH/c1-9(2)14-17(15,16)13-8-11(12)10-6-4-3-5-7-10;/h3-7,9,11,13-14H,8,12H2,1-2H3;1H. The second-order valence-electron chi connectivity index (χ2n) is 4.14. The van der Waals surface area contributed by atoms with Crippen LogP contribution >= 0.6 is 12.4 Å². The normalized spacial score (nSPS) is 13.1. The Balaban J connectivity index is 0.00000289. The molecule has 0 radical (unpaired) electrons. The largest absolute Gasteiger partial charge is 0.323 e. The first-order chi connectivity index (χ1) is 7.91. The van der Waals surface area contributed by atoms with Gasteiger partial charge in [-0.25, -0.2) is 4.72 Å². The number of benzene rings is 1. The topological polar surface area (TPSA) is 84.2 Å². The molecule has 1 atom stereocenters. The van der Waals surface area contributed by atoms with E-state index in [2.05, 4.69) is 9.44 Å². The Kier molecular flexibility index (Phi) is 7.42. The molecule has 0 aliphatic carbocycles. The predicted octanol–water partition coefficient (Wildman–Crippen LogP) is 0.941. The summed E-state index contributed by atoms with van der Waals surface area (Å²) in [5.41, 5.74) is 6.78. The lowest BCUT2D eigenvalue weighted by molar-refractivity contribution is 0.547. The number of rotatable bonds is 6. The average Bonchev–Trinajstić information content (AvgIpc) is 2.25. The van der Waals surface area contributed by atoms with Gasteiger partial charge in [-0.05, 0) is 19.4 Å². The van der Waals surface area contributed by atoms with E-state index in [0.717, 1.165) is 5.56 Å². The molecule has 1 rings (SSSR count). The van der Waals surface area contributed by atoms with Crippen LogP contribution in [0, 0.1) is 0 Å². The molecule has 4 N–H and O–H groups in total. The molecule has 0 saturated heterocycles. The Morgan fingerprint density at radius 1 is 1.22 bits per heavy atom. The quantitative estimate of drug-likeness (QED) is 0.730. The van der Waals surface area contributed by atoms with Crippen LogP contribution in [-0.2, 0) is 10.2 Å². The summed E-state index contributed by atoms with van der Waals surface area (Å²) >= 11 is 0. The summed E-state index contributed by atoms with van der Waals surface area (Å²) in [6, 6.07) is 8.89. The van der Waals surface area contributed by atoms with Crippen LogP contribution in [0.4, 0.5) is 0 Å². The highest BCUT2D eigenvalue weighted by Gasteiger charge is 2.13. The molecule has 7 heteroatoms. The van der Waals surface area contributed by atoms with Crippen molar-refractivity contribution in [2.75, 3.05) is 6.54 Å². The third-order valence-corrected chi connectivity index (χ3v) is 3.44. The van der Waals surface area contributed by atoms with Crippen LogP contribution in [0.1, 0.15) is 25.5 Å². The molecule has 0 aromatic heterocycles. The van der Waals surface area contributed by atoms with Gasteiger partial charge in [-0.2, -0.15) is 13.1 Å². The van der Waals surface area contributed by atoms with Gasteiger partial charge in [0.25, 0.3) is 10.2 Å². The second-order valence-corrected chi connectivity index (χ2v) is 5.67.